The monoisotopic (exact) mass is 373 g/mol. The smallest absolute Gasteiger partial charge is 0.255 e. The zero-order valence-corrected chi connectivity index (χ0v) is 15.8. The van der Waals surface area contributed by atoms with E-state index in [0.29, 0.717) is 28.8 Å². The van der Waals surface area contributed by atoms with Gasteiger partial charge in [-0.2, -0.15) is 0 Å². The molecule has 2 aromatic rings. The van der Waals surface area contributed by atoms with Crippen LogP contribution in [0.15, 0.2) is 36.5 Å². The highest BCUT2D eigenvalue weighted by Crippen LogP contribution is 2.28. The van der Waals surface area contributed by atoms with Crippen molar-refractivity contribution in [1.29, 1.82) is 0 Å². The third kappa shape index (κ3) is 4.67. The summed E-state index contributed by atoms with van der Waals surface area (Å²) in [6.45, 7) is 4.04. The van der Waals surface area contributed by atoms with Gasteiger partial charge in [0.1, 0.15) is 0 Å². The van der Waals surface area contributed by atoms with Gasteiger partial charge in [-0.25, -0.2) is 4.98 Å². The van der Waals surface area contributed by atoms with Gasteiger partial charge in [-0.05, 0) is 50.1 Å². The lowest BCUT2D eigenvalue weighted by Gasteiger charge is -2.21. The highest BCUT2D eigenvalue weighted by Gasteiger charge is 2.19. The van der Waals surface area contributed by atoms with Crippen molar-refractivity contribution in [3.8, 4) is 5.75 Å². The van der Waals surface area contributed by atoms with Gasteiger partial charge < -0.3 is 15.0 Å². The molecule has 26 heavy (non-hydrogen) atoms. The molecule has 0 atom stereocenters. The van der Waals surface area contributed by atoms with Crippen molar-refractivity contribution in [2.75, 3.05) is 25.0 Å². The van der Waals surface area contributed by atoms with E-state index in [1.54, 1.807) is 12.3 Å². The van der Waals surface area contributed by atoms with Crippen molar-refractivity contribution < 1.29 is 9.53 Å². The maximum atomic E-state index is 12.8. The molecule has 1 aliphatic rings. The van der Waals surface area contributed by atoms with E-state index in [2.05, 4.69) is 10.3 Å². The summed E-state index contributed by atoms with van der Waals surface area (Å²) in [7, 11) is 0. The Bertz CT molecular complexity index is 741. The molecule has 5 nitrogen and oxygen atoms in total. The number of carbonyl (C=O) groups excluding carboxylic acids is 1. The number of rotatable bonds is 5. The molecule has 1 aliphatic heterocycles. The van der Waals surface area contributed by atoms with Crippen molar-refractivity contribution in [3.05, 3.63) is 47.1 Å². The van der Waals surface area contributed by atoms with Gasteiger partial charge >= 0.3 is 0 Å². The van der Waals surface area contributed by atoms with Gasteiger partial charge in [0.2, 0.25) is 0 Å². The van der Waals surface area contributed by atoms with Gasteiger partial charge in [-0.1, -0.05) is 24.4 Å². The van der Waals surface area contributed by atoms with E-state index in [9.17, 15) is 4.79 Å². The van der Waals surface area contributed by atoms with Crippen LogP contribution in [0.4, 0.5) is 11.5 Å². The number of nitrogens with one attached hydrogen (secondary N) is 1. The highest BCUT2D eigenvalue weighted by atomic mass is 35.5. The second kappa shape index (κ2) is 8.90. The normalized spacial score (nSPS) is 14.6. The minimum Gasteiger partial charge on any atom is -0.490 e. The van der Waals surface area contributed by atoms with E-state index in [0.717, 1.165) is 31.6 Å². The third-order valence-electron chi connectivity index (χ3n) is 4.40. The number of benzene rings is 1. The molecule has 3 rings (SSSR count). The lowest BCUT2D eigenvalue weighted by molar-refractivity contribution is 0.0761. The van der Waals surface area contributed by atoms with Crippen LogP contribution in [0.5, 0.6) is 5.75 Å². The Labute approximate surface area is 159 Å². The minimum atomic E-state index is 0.0263. The van der Waals surface area contributed by atoms with Crippen LogP contribution in [0.3, 0.4) is 0 Å². The number of pyridine rings is 1. The molecule has 1 N–H and O–H groups in total. The van der Waals surface area contributed by atoms with Crippen LogP contribution in [0.25, 0.3) is 0 Å². The molecular weight excluding hydrogens is 350 g/mol. The standard InChI is InChI=1S/C20H24ClN3O2/c1-2-26-18-13-15(20(25)24-11-5-3-4-6-12-24)14-22-19(18)23-17-9-7-16(21)8-10-17/h7-10,13-14H,2-6,11-12H2,1H3,(H,22,23). The second-order valence-corrected chi connectivity index (χ2v) is 6.78. The highest BCUT2D eigenvalue weighted by molar-refractivity contribution is 6.30. The van der Waals surface area contributed by atoms with E-state index >= 15 is 0 Å². The average molecular weight is 374 g/mol. The molecule has 0 saturated carbocycles. The van der Waals surface area contributed by atoms with Crippen LogP contribution in [0.2, 0.25) is 5.02 Å². The van der Waals surface area contributed by atoms with Crippen molar-refractivity contribution in [3.63, 3.8) is 0 Å². The average Bonchev–Trinajstić information content (AvgIpc) is 2.94. The fourth-order valence-corrected chi connectivity index (χ4v) is 3.17. The number of likely N-dealkylation sites (tertiary alicyclic amines) is 1. The Morgan fingerprint density at radius 2 is 1.88 bits per heavy atom. The first-order valence-corrected chi connectivity index (χ1v) is 9.50. The molecule has 0 spiro atoms. The number of hydrogen-bond donors (Lipinski definition) is 1. The van der Waals surface area contributed by atoms with E-state index in [-0.39, 0.29) is 5.91 Å². The zero-order valence-electron chi connectivity index (χ0n) is 15.0. The third-order valence-corrected chi connectivity index (χ3v) is 4.65. The van der Waals surface area contributed by atoms with Gasteiger partial charge in [0.05, 0.1) is 12.2 Å². The SMILES string of the molecule is CCOc1cc(C(=O)N2CCCCCC2)cnc1Nc1ccc(Cl)cc1. The van der Waals surface area contributed by atoms with Gasteiger partial charge in [0.15, 0.2) is 11.6 Å². The molecule has 1 aromatic carbocycles. The zero-order chi connectivity index (χ0) is 18.4. The molecular formula is C20H24ClN3O2. The van der Waals surface area contributed by atoms with E-state index in [1.807, 2.05) is 36.1 Å². The Morgan fingerprint density at radius 1 is 1.19 bits per heavy atom. The molecule has 0 bridgehead atoms. The summed E-state index contributed by atoms with van der Waals surface area (Å²) >= 11 is 5.93. The van der Waals surface area contributed by atoms with Crippen LogP contribution < -0.4 is 10.1 Å². The lowest BCUT2D eigenvalue weighted by Crippen LogP contribution is -2.31. The number of aromatic nitrogens is 1. The largest absolute Gasteiger partial charge is 0.490 e. The summed E-state index contributed by atoms with van der Waals surface area (Å²) in [5, 5.41) is 3.89. The van der Waals surface area contributed by atoms with Gasteiger partial charge in [-0.15, -0.1) is 0 Å². The fourth-order valence-electron chi connectivity index (χ4n) is 3.05. The Balaban J connectivity index is 1.81. The molecule has 6 heteroatoms. The summed E-state index contributed by atoms with van der Waals surface area (Å²) < 4.78 is 5.71. The Kier molecular flexibility index (Phi) is 6.34. The molecule has 1 fully saturated rings. The van der Waals surface area contributed by atoms with Crippen molar-refractivity contribution >= 4 is 29.0 Å². The number of ether oxygens (including phenoxy) is 1. The number of hydrogen-bond acceptors (Lipinski definition) is 4. The molecule has 1 aromatic heterocycles. The summed E-state index contributed by atoms with van der Waals surface area (Å²) in [5.74, 6) is 1.18. The maximum absolute atomic E-state index is 12.8. The summed E-state index contributed by atoms with van der Waals surface area (Å²) in [6.07, 6.45) is 6.13. The molecule has 0 aliphatic carbocycles. The maximum Gasteiger partial charge on any atom is 0.255 e. The molecule has 138 valence electrons. The summed E-state index contributed by atoms with van der Waals surface area (Å²) in [6, 6.07) is 9.14. The summed E-state index contributed by atoms with van der Waals surface area (Å²) in [5.41, 5.74) is 1.42. The lowest BCUT2D eigenvalue weighted by atomic mass is 10.2. The number of amides is 1. The Morgan fingerprint density at radius 3 is 2.54 bits per heavy atom. The Hall–Kier alpha value is -2.27. The molecule has 0 radical (unpaired) electrons. The van der Waals surface area contributed by atoms with E-state index in [4.69, 9.17) is 16.3 Å². The molecule has 1 amide bonds. The second-order valence-electron chi connectivity index (χ2n) is 6.34. The van der Waals surface area contributed by atoms with Crippen LogP contribution in [-0.2, 0) is 0 Å². The van der Waals surface area contributed by atoms with E-state index < -0.39 is 0 Å². The van der Waals surface area contributed by atoms with Crippen molar-refractivity contribution in [2.45, 2.75) is 32.6 Å². The van der Waals surface area contributed by atoms with Gasteiger partial charge in [0, 0.05) is 30.0 Å². The van der Waals surface area contributed by atoms with Gasteiger partial charge in [-0.3, -0.25) is 4.79 Å². The quantitative estimate of drug-likeness (QED) is 0.810. The first-order valence-electron chi connectivity index (χ1n) is 9.12. The number of nitrogens with zero attached hydrogens (tertiary/aromatic N) is 2. The first-order chi connectivity index (χ1) is 12.7. The van der Waals surface area contributed by atoms with Crippen LogP contribution >= 0.6 is 11.6 Å². The van der Waals surface area contributed by atoms with Gasteiger partial charge in [0.25, 0.3) is 5.91 Å². The van der Waals surface area contributed by atoms with Crippen LogP contribution in [-0.4, -0.2) is 35.5 Å². The predicted octanol–water partition coefficient (Wildman–Crippen LogP) is 4.89. The van der Waals surface area contributed by atoms with Crippen LogP contribution in [0, 0.1) is 0 Å². The van der Waals surface area contributed by atoms with E-state index in [1.165, 1.54) is 12.8 Å². The number of halogens is 1. The summed E-state index contributed by atoms with van der Waals surface area (Å²) in [4.78, 5) is 19.2. The topological polar surface area (TPSA) is 54.5 Å². The van der Waals surface area contributed by atoms with Crippen molar-refractivity contribution in [2.24, 2.45) is 0 Å². The molecule has 1 saturated heterocycles. The minimum absolute atomic E-state index is 0.0263. The number of carbonyl (C=O) groups is 1. The molecule has 2 heterocycles. The van der Waals surface area contributed by atoms with Crippen LogP contribution in [0.1, 0.15) is 43.0 Å². The van der Waals surface area contributed by atoms with Crippen molar-refractivity contribution in [1.82, 2.24) is 9.88 Å². The molecule has 0 unspecified atom stereocenters. The predicted molar refractivity (Wildman–Crippen MR) is 105 cm³/mol. The first kappa shape index (κ1) is 18.5. The number of anilines is 2. The fraction of sp³-hybridized carbons (Fsp3) is 0.400.